The van der Waals surface area contributed by atoms with Crippen LogP contribution in [0.4, 0.5) is 21.7 Å². The van der Waals surface area contributed by atoms with Crippen LogP contribution in [-0.4, -0.2) is 32.5 Å². The lowest BCUT2D eigenvalue weighted by molar-refractivity contribution is -0.387. The maximum atomic E-state index is 13.9. The first-order valence-corrected chi connectivity index (χ1v) is 9.71. The normalized spacial score (nSPS) is 10.9. The molecular formula is C22H19FN6O4. The Kier molecular flexibility index (Phi) is 5.38. The highest BCUT2D eigenvalue weighted by Gasteiger charge is 2.20. The van der Waals surface area contributed by atoms with Gasteiger partial charge in [-0.05, 0) is 30.7 Å². The van der Waals surface area contributed by atoms with Crippen molar-refractivity contribution >= 4 is 34.1 Å². The minimum Gasteiger partial charge on any atom is -0.494 e. The minimum absolute atomic E-state index is 0.0458. The number of benzene rings is 2. The fourth-order valence-corrected chi connectivity index (χ4v) is 3.73. The molecule has 1 amide bonds. The molecule has 2 heterocycles. The largest absolute Gasteiger partial charge is 0.494 e. The van der Waals surface area contributed by atoms with Crippen molar-refractivity contribution in [3.8, 4) is 17.0 Å². The molecule has 0 aliphatic heterocycles. The predicted molar refractivity (Wildman–Crippen MR) is 120 cm³/mol. The second kappa shape index (κ2) is 8.19. The van der Waals surface area contributed by atoms with E-state index in [-0.39, 0.29) is 17.4 Å². The number of ether oxygens (including phenoxy) is 1. The van der Waals surface area contributed by atoms with E-state index < -0.39 is 22.3 Å². The number of methoxy groups -OCH3 is 1. The maximum absolute atomic E-state index is 13.9. The Morgan fingerprint density at radius 3 is 2.73 bits per heavy atom. The molecule has 0 aliphatic carbocycles. The second-order valence-corrected chi connectivity index (χ2v) is 7.36. The molecule has 10 nitrogen and oxygen atoms in total. The van der Waals surface area contributed by atoms with Crippen molar-refractivity contribution < 1.29 is 18.8 Å². The van der Waals surface area contributed by atoms with Crippen molar-refractivity contribution in [1.29, 1.82) is 0 Å². The highest BCUT2D eigenvalue weighted by Crippen LogP contribution is 2.34. The van der Waals surface area contributed by atoms with Crippen molar-refractivity contribution in [1.82, 2.24) is 14.5 Å². The number of primary amides is 1. The molecule has 0 spiro atoms. The summed E-state index contributed by atoms with van der Waals surface area (Å²) in [6, 6.07) is 7.12. The Bertz CT molecular complexity index is 1430. The highest BCUT2D eigenvalue weighted by molar-refractivity contribution is 6.07. The lowest BCUT2D eigenvalue weighted by Crippen LogP contribution is -2.13. The molecule has 0 saturated heterocycles. The molecule has 0 radical (unpaired) electrons. The van der Waals surface area contributed by atoms with Crippen LogP contribution in [0.1, 0.15) is 15.9 Å². The molecule has 4 aromatic rings. The third-order valence-corrected chi connectivity index (χ3v) is 5.20. The summed E-state index contributed by atoms with van der Waals surface area (Å²) < 4.78 is 20.9. The van der Waals surface area contributed by atoms with E-state index in [1.54, 1.807) is 12.1 Å². The number of carbonyl (C=O) groups is 1. The zero-order valence-electron chi connectivity index (χ0n) is 17.9. The monoisotopic (exact) mass is 450 g/mol. The topological polar surface area (TPSA) is 138 Å². The number of nitro benzene ring substituents is 1. The summed E-state index contributed by atoms with van der Waals surface area (Å²) >= 11 is 0. The molecule has 0 atom stereocenters. The number of nitro groups is 1. The Balaban J connectivity index is 1.79. The van der Waals surface area contributed by atoms with E-state index in [0.29, 0.717) is 16.8 Å². The summed E-state index contributed by atoms with van der Waals surface area (Å²) in [5.74, 6) is -1.46. The van der Waals surface area contributed by atoms with Gasteiger partial charge in [0.05, 0.1) is 34.5 Å². The van der Waals surface area contributed by atoms with Crippen molar-refractivity contribution in [2.24, 2.45) is 12.8 Å². The van der Waals surface area contributed by atoms with Crippen LogP contribution in [0.2, 0.25) is 0 Å². The van der Waals surface area contributed by atoms with Gasteiger partial charge in [0.15, 0.2) is 0 Å². The fourth-order valence-electron chi connectivity index (χ4n) is 3.73. The summed E-state index contributed by atoms with van der Waals surface area (Å²) in [6.45, 7) is 1.93. The minimum atomic E-state index is -1.03. The molecule has 0 saturated carbocycles. The number of carbonyl (C=O) groups excluding carboxylic acids is 1. The van der Waals surface area contributed by atoms with E-state index in [1.165, 1.54) is 13.3 Å². The van der Waals surface area contributed by atoms with Crippen molar-refractivity contribution in [2.75, 3.05) is 12.4 Å². The van der Waals surface area contributed by atoms with Gasteiger partial charge in [0.25, 0.3) is 5.91 Å². The summed E-state index contributed by atoms with van der Waals surface area (Å²) in [7, 11) is 3.15. The predicted octanol–water partition coefficient (Wildman–Crippen LogP) is 3.84. The van der Waals surface area contributed by atoms with Gasteiger partial charge in [0, 0.05) is 42.5 Å². The number of nitrogens with two attached hydrogens (primary N) is 1. The van der Waals surface area contributed by atoms with Gasteiger partial charge in [-0.1, -0.05) is 0 Å². The Morgan fingerprint density at radius 2 is 2.06 bits per heavy atom. The van der Waals surface area contributed by atoms with Crippen LogP contribution in [0.3, 0.4) is 0 Å². The van der Waals surface area contributed by atoms with Gasteiger partial charge in [-0.25, -0.2) is 9.97 Å². The van der Waals surface area contributed by atoms with Gasteiger partial charge >= 0.3 is 5.69 Å². The van der Waals surface area contributed by atoms with E-state index >= 15 is 0 Å². The van der Waals surface area contributed by atoms with E-state index in [4.69, 9.17) is 10.5 Å². The Labute approximate surface area is 187 Å². The summed E-state index contributed by atoms with van der Waals surface area (Å²) in [5.41, 5.74) is 8.18. The molecule has 0 fully saturated rings. The quantitative estimate of drug-likeness (QED) is 0.336. The molecule has 11 heteroatoms. The van der Waals surface area contributed by atoms with Gasteiger partial charge in [-0.3, -0.25) is 14.9 Å². The number of hydrogen-bond donors (Lipinski definition) is 2. The van der Waals surface area contributed by atoms with Crippen LogP contribution in [0, 0.1) is 22.9 Å². The van der Waals surface area contributed by atoms with Crippen LogP contribution in [0.15, 0.2) is 42.7 Å². The molecule has 3 N–H and O–H groups in total. The molecule has 0 unspecified atom stereocenters. The second-order valence-electron chi connectivity index (χ2n) is 7.36. The third kappa shape index (κ3) is 3.91. The SMILES string of the molecule is COc1cc(F)c([N+](=O)[O-])cc1Nc1nccc(-c2cc(C(N)=O)c3c(c2)c(C)cn3C)n1. The molecular weight excluding hydrogens is 431 g/mol. The Morgan fingerprint density at radius 1 is 1.30 bits per heavy atom. The highest BCUT2D eigenvalue weighted by atomic mass is 19.1. The zero-order chi connectivity index (χ0) is 23.9. The van der Waals surface area contributed by atoms with Gasteiger partial charge in [-0.15, -0.1) is 0 Å². The Hall–Kier alpha value is -4.54. The number of anilines is 2. The number of fused-ring (bicyclic) bond motifs is 1. The first kappa shape index (κ1) is 21.7. The number of rotatable bonds is 6. The summed E-state index contributed by atoms with van der Waals surface area (Å²) in [5, 5.41) is 14.8. The lowest BCUT2D eigenvalue weighted by Gasteiger charge is -2.12. The first-order valence-electron chi connectivity index (χ1n) is 9.71. The molecule has 168 valence electrons. The molecule has 2 aromatic carbocycles. The molecule has 33 heavy (non-hydrogen) atoms. The van der Waals surface area contributed by atoms with Gasteiger partial charge in [0.1, 0.15) is 5.75 Å². The van der Waals surface area contributed by atoms with E-state index in [0.717, 1.165) is 28.6 Å². The van der Waals surface area contributed by atoms with Crippen LogP contribution in [0.25, 0.3) is 22.2 Å². The number of amides is 1. The van der Waals surface area contributed by atoms with Gasteiger partial charge < -0.3 is 20.4 Å². The van der Waals surface area contributed by atoms with Crippen LogP contribution >= 0.6 is 0 Å². The van der Waals surface area contributed by atoms with Gasteiger partial charge in [0.2, 0.25) is 11.8 Å². The number of hydrogen-bond acceptors (Lipinski definition) is 7. The first-order chi connectivity index (χ1) is 15.7. The number of nitrogens with one attached hydrogen (secondary N) is 1. The number of aryl methyl sites for hydroxylation is 2. The van der Waals surface area contributed by atoms with Crippen LogP contribution in [0.5, 0.6) is 5.75 Å². The zero-order valence-corrected chi connectivity index (χ0v) is 17.9. The third-order valence-electron chi connectivity index (χ3n) is 5.20. The summed E-state index contributed by atoms with van der Waals surface area (Å²) in [6.07, 6.45) is 3.39. The maximum Gasteiger partial charge on any atom is 0.307 e. The van der Waals surface area contributed by atoms with Gasteiger partial charge in [-0.2, -0.15) is 4.39 Å². The molecule has 0 aliphatic rings. The smallest absolute Gasteiger partial charge is 0.307 e. The fraction of sp³-hybridized carbons (Fsp3) is 0.136. The van der Waals surface area contributed by atoms with Crippen LogP contribution in [-0.2, 0) is 7.05 Å². The average molecular weight is 450 g/mol. The van der Waals surface area contributed by atoms with Crippen LogP contribution < -0.4 is 15.8 Å². The standard InChI is InChI=1S/C22H19FN6O4/c1-11-10-28(2)20-13(11)6-12(7-14(20)21(24)30)16-4-5-25-22(26-16)27-17-9-18(29(31)32)15(23)8-19(17)33-3/h4-10H,1-3H3,(H2,24,30)(H,25,26,27). The van der Waals surface area contributed by atoms with E-state index in [2.05, 4.69) is 15.3 Å². The lowest BCUT2D eigenvalue weighted by atomic mass is 10.0. The van der Waals surface area contributed by atoms with E-state index in [1.807, 2.05) is 30.8 Å². The molecule has 4 rings (SSSR count). The van der Waals surface area contributed by atoms with Crippen molar-refractivity contribution in [2.45, 2.75) is 6.92 Å². The summed E-state index contributed by atoms with van der Waals surface area (Å²) in [4.78, 5) is 31.0. The number of aromatic nitrogens is 3. The van der Waals surface area contributed by atoms with Crippen molar-refractivity contribution in [3.05, 3.63) is 69.8 Å². The average Bonchev–Trinajstić information content (AvgIpc) is 3.07. The number of nitrogens with zero attached hydrogens (tertiary/aromatic N) is 4. The number of halogens is 1. The molecule has 2 aromatic heterocycles. The van der Waals surface area contributed by atoms with E-state index in [9.17, 15) is 19.3 Å². The molecule has 0 bridgehead atoms. The van der Waals surface area contributed by atoms with Crippen molar-refractivity contribution in [3.63, 3.8) is 0 Å².